The maximum Gasteiger partial charge on any atom is 0.124 e. The quantitative estimate of drug-likeness (QED) is 0.811. The Morgan fingerprint density at radius 2 is 2.10 bits per heavy atom. The van der Waals surface area contributed by atoms with E-state index in [1.807, 2.05) is 0 Å². The summed E-state index contributed by atoms with van der Waals surface area (Å²) in [5.74, 6) is -0.326. The Kier molecular flexibility index (Phi) is 5.28. The number of halogens is 1. The lowest BCUT2D eigenvalue weighted by Crippen LogP contribution is -2.33. The van der Waals surface area contributed by atoms with Crippen molar-refractivity contribution in [1.29, 1.82) is 0 Å². The van der Waals surface area contributed by atoms with Crippen LogP contribution in [-0.2, 0) is 0 Å². The van der Waals surface area contributed by atoms with E-state index < -0.39 is 0 Å². The van der Waals surface area contributed by atoms with Crippen LogP contribution >= 0.6 is 12.2 Å². The van der Waals surface area contributed by atoms with Crippen LogP contribution in [0.5, 0.6) is 0 Å². The summed E-state index contributed by atoms with van der Waals surface area (Å²) in [6.45, 7) is 4.40. The highest BCUT2D eigenvalue weighted by atomic mass is 32.1. The van der Waals surface area contributed by atoms with Crippen molar-refractivity contribution in [3.05, 3.63) is 29.6 Å². The molecule has 110 valence electrons. The van der Waals surface area contributed by atoms with Crippen molar-refractivity contribution in [2.75, 3.05) is 44.2 Å². The van der Waals surface area contributed by atoms with Gasteiger partial charge < -0.3 is 15.7 Å². The van der Waals surface area contributed by atoms with E-state index in [4.69, 9.17) is 23.1 Å². The Morgan fingerprint density at radius 1 is 1.30 bits per heavy atom. The third kappa shape index (κ3) is 3.65. The molecule has 1 aliphatic heterocycles. The maximum absolute atomic E-state index is 13.3. The zero-order valence-electron chi connectivity index (χ0n) is 11.4. The second-order valence-electron chi connectivity index (χ2n) is 4.93. The van der Waals surface area contributed by atoms with Crippen LogP contribution in [0.3, 0.4) is 0 Å². The van der Waals surface area contributed by atoms with E-state index in [0.717, 1.165) is 38.3 Å². The Bertz CT molecular complexity index is 483. The molecule has 1 aromatic carbocycles. The number of benzene rings is 1. The molecule has 0 bridgehead atoms. The number of hydrogen-bond acceptors (Lipinski definition) is 4. The Morgan fingerprint density at radius 3 is 2.80 bits per heavy atom. The van der Waals surface area contributed by atoms with Crippen molar-refractivity contribution in [2.45, 2.75) is 6.42 Å². The first-order chi connectivity index (χ1) is 9.61. The minimum atomic E-state index is -0.326. The van der Waals surface area contributed by atoms with Crippen molar-refractivity contribution < 1.29 is 9.50 Å². The fourth-order valence-electron chi connectivity index (χ4n) is 2.56. The third-order valence-electron chi connectivity index (χ3n) is 3.57. The molecule has 1 aliphatic rings. The summed E-state index contributed by atoms with van der Waals surface area (Å²) in [5, 5.41) is 9.01. The largest absolute Gasteiger partial charge is 0.395 e. The summed E-state index contributed by atoms with van der Waals surface area (Å²) < 4.78 is 13.3. The van der Waals surface area contributed by atoms with Gasteiger partial charge in [-0.2, -0.15) is 0 Å². The fraction of sp³-hybridized carbons (Fsp3) is 0.500. The minimum Gasteiger partial charge on any atom is -0.395 e. The number of aliphatic hydroxyl groups is 1. The third-order valence-corrected chi connectivity index (χ3v) is 3.79. The number of hydrogen-bond donors (Lipinski definition) is 2. The fourth-order valence-corrected chi connectivity index (χ4v) is 2.72. The average Bonchev–Trinajstić information content (AvgIpc) is 2.65. The zero-order chi connectivity index (χ0) is 14.5. The monoisotopic (exact) mass is 297 g/mol. The molecule has 4 nitrogen and oxygen atoms in total. The molecular formula is C14H20FN3OS. The number of β-amino-alcohol motifs (C(OH)–C–C–N with tert-alkyl or cyclic N) is 1. The predicted molar refractivity (Wildman–Crippen MR) is 82.6 cm³/mol. The molecule has 1 aromatic rings. The smallest absolute Gasteiger partial charge is 0.124 e. The summed E-state index contributed by atoms with van der Waals surface area (Å²) in [7, 11) is 0. The van der Waals surface area contributed by atoms with Gasteiger partial charge in [0.1, 0.15) is 10.8 Å². The highest BCUT2D eigenvalue weighted by Gasteiger charge is 2.18. The highest BCUT2D eigenvalue weighted by molar-refractivity contribution is 7.80. The first-order valence-electron chi connectivity index (χ1n) is 6.79. The average molecular weight is 297 g/mol. The number of aliphatic hydroxyl groups excluding tert-OH is 1. The van der Waals surface area contributed by atoms with E-state index in [0.29, 0.717) is 12.1 Å². The van der Waals surface area contributed by atoms with Crippen LogP contribution in [0.25, 0.3) is 0 Å². The van der Waals surface area contributed by atoms with Crippen molar-refractivity contribution in [3.63, 3.8) is 0 Å². The van der Waals surface area contributed by atoms with Gasteiger partial charge in [0.05, 0.1) is 6.61 Å². The van der Waals surface area contributed by atoms with Crippen LogP contribution in [0.4, 0.5) is 10.1 Å². The van der Waals surface area contributed by atoms with Crippen molar-refractivity contribution in [2.24, 2.45) is 5.73 Å². The molecular weight excluding hydrogens is 277 g/mol. The molecule has 0 aromatic heterocycles. The Balaban J connectivity index is 2.17. The summed E-state index contributed by atoms with van der Waals surface area (Å²) in [6.07, 6.45) is 0.994. The minimum absolute atomic E-state index is 0.175. The SMILES string of the molecule is NC(=S)c1cc(F)ccc1N1CCCN(CCO)CC1. The standard InChI is InChI=1S/C14H20FN3OS/c15-11-2-3-13(12(10-11)14(16)20)18-5-1-4-17(6-7-18)8-9-19/h2-3,10,19H,1,4-9H2,(H2,16,20). The second kappa shape index (κ2) is 6.97. The van der Waals surface area contributed by atoms with Gasteiger partial charge in [0.15, 0.2) is 0 Å². The molecule has 1 heterocycles. The number of rotatable bonds is 4. The lowest BCUT2D eigenvalue weighted by atomic mass is 10.1. The summed E-state index contributed by atoms with van der Waals surface area (Å²) in [5.41, 5.74) is 7.19. The second-order valence-corrected chi connectivity index (χ2v) is 5.37. The summed E-state index contributed by atoms with van der Waals surface area (Å²) >= 11 is 5.02. The first-order valence-corrected chi connectivity index (χ1v) is 7.20. The zero-order valence-corrected chi connectivity index (χ0v) is 12.2. The van der Waals surface area contributed by atoms with Crippen LogP contribution in [-0.4, -0.2) is 54.3 Å². The van der Waals surface area contributed by atoms with Gasteiger partial charge in [-0.3, -0.25) is 4.90 Å². The molecule has 6 heteroatoms. The number of nitrogens with zero attached hydrogens (tertiary/aromatic N) is 2. The Hall–Kier alpha value is -1.24. The van der Waals surface area contributed by atoms with Gasteiger partial charge in [-0.25, -0.2) is 4.39 Å². The van der Waals surface area contributed by atoms with Crippen LogP contribution in [0.15, 0.2) is 18.2 Å². The molecule has 2 rings (SSSR count). The van der Waals surface area contributed by atoms with E-state index in [1.165, 1.54) is 12.1 Å². The van der Waals surface area contributed by atoms with Gasteiger partial charge in [-0.1, -0.05) is 12.2 Å². The van der Waals surface area contributed by atoms with E-state index in [-0.39, 0.29) is 17.4 Å². The molecule has 0 unspecified atom stereocenters. The lowest BCUT2D eigenvalue weighted by Gasteiger charge is -2.25. The predicted octanol–water partition coefficient (Wildman–Crippen LogP) is 0.964. The molecule has 1 fully saturated rings. The molecule has 0 aliphatic carbocycles. The topological polar surface area (TPSA) is 52.7 Å². The summed E-state index contributed by atoms with van der Waals surface area (Å²) in [6, 6.07) is 4.58. The van der Waals surface area contributed by atoms with E-state index in [1.54, 1.807) is 6.07 Å². The van der Waals surface area contributed by atoms with Gasteiger partial charge in [-0.15, -0.1) is 0 Å². The van der Waals surface area contributed by atoms with E-state index in [2.05, 4.69) is 9.80 Å². The summed E-state index contributed by atoms with van der Waals surface area (Å²) in [4.78, 5) is 4.63. The highest BCUT2D eigenvalue weighted by Crippen LogP contribution is 2.23. The van der Waals surface area contributed by atoms with E-state index in [9.17, 15) is 4.39 Å². The lowest BCUT2D eigenvalue weighted by molar-refractivity contribution is 0.204. The van der Waals surface area contributed by atoms with Crippen LogP contribution in [0.1, 0.15) is 12.0 Å². The van der Waals surface area contributed by atoms with Crippen LogP contribution < -0.4 is 10.6 Å². The molecule has 0 spiro atoms. The van der Waals surface area contributed by atoms with Crippen LogP contribution in [0.2, 0.25) is 0 Å². The molecule has 20 heavy (non-hydrogen) atoms. The molecule has 1 saturated heterocycles. The maximum atomic E-state index is 13.3. The van der Waals surface area contributed by atoms with Gasteiger partial charge in [0, 0.05) is 37.4 Å². The molecule has 0 radical (unpaired) electrons. The molecule has 3 N–H and O–H groups in total. The number of thiocarbonyl (C=S) groups is 1. The van der Waals surface area contributed by atoms with Crippen molar-refractivity contribution in [3.8, 4) is 0 Å². The first kappa shape index (κ1) is 15.2. The van der Waals surface area contributed by atoms with Gasteiger partial charge in [-0.05, 0) is 31.2 Å². The van der Waals surface area contributed by atoms with Gasteiger partial charge in [0.25, 0.3) is 0 Å². The van der Waals surface area contributed by atoms with Gasteiger partial charge >= 0.3 is 0 Å². The number of anilines is 1. The molecule has 0 atom stereocenters. The van der Waals surface area contributed by atoms with Crippen molar-refractivity contribution in [1.82, 2.24) is 4.90 Å². The van der Waals surface area contributed by atoms with Crippen LogP contribution in [0, 0.1) is 5.82 Å². The normalized spacial score (nSPS) is 17.0. The molecule has 0 saturated carbocycles. The number of nitrogens with two attached hydrogens (primary N) is 1. The van der Waals surface area contributed by atoms with E-state index >= 15 is 0 Å². The molecule has 0 amide bonds. The van der Waals surface area contributed by atoms with Gasteiger partial charge in [0.2, 0.25) is 0 Å². The van der Waals surface area contributed by atoms with Crippen molar-refractivity contribution >= 4 is 22.9 Å². The Labute approximate surface area is 124 Å².